The fourth-order valence-corrected chi connectivity index (χ4v) is 2.30. The molecule has 0 spiro atoms. The summed E-state index contributed by atoms with van der Waals surface area (Å²) in [5, 5.41) is 9.66. The number of anilines is 1. The molecule has 2 rings (SSSR count). The average Bonchev–Trinajstić information content (AvgIpc) is 2.65. The number of nitrogens with one attached hydrogen (secondary N) is 2. The molecule has 1 amide bonds. The van der Waals surface area contributed by atoms with Gasteiger partial charge in [-0.25, -0.2) is 0 Å². The Hall–Kier alpha value is -1.32. The van der Waals surface area contributed by atoms with Crippen LogP contribution in [0.5, 0.6) is 0 Å². The normalized spacial score (nSPS) is 19.4. The van der Waals surface area contributed by atoms with Crippen molar-refractivity contribution < 1.29 is 4.79 Å². The van der Waals surface area contributed by atoms with Gasteiger partial charge in [0.1, 0.15) is 5.82 Å². The first-order chi connectivity index (χ1) is 7.62. The van der Waals surface area contributed by atoms with E-state index in [0.29, 0.717) is 0 Å². The van der Waals surface area contributed by atoms with Crippen molar-refractivity contribution in [3.8, 4) is 0 Å². The Kier molecular flexibility index (Phi) is 2.99. The Morgan fingerprint density at radius 1 is 1.44 bits per heavy atom. The second kappa shape index (κ2) is 4.28. The molecular weight excluding hydrogens is 202 g/mol. The first kappa shape index (κ1) is 11.2. The molecule has 0 bridgehead atoms. The zero-order valence-electron chi connectivity index (χ0n) is 9.97. The van der Waals surface area contributed by atoms with E-state index < -0.39 is 0 Å². The Labute approximate surface area is 95.8 Å². The molecule has 4 nitrogen and oxygen atoms in total. The van der Waals surface area contributed by atoms with Gasteiger partial charge in [0.15, 0.2) is 0 Å². The number of amides is 1. The summed E-state index contributed by atoms with van der Waals surface area (Å²) in [6.07, 6.45) is 7.28. The van der Waals surface area contributed by atoms with E-state index in [4.69, 9.17) is 0 Å². The van der Waals surface area contributed by atoms with Crippen molar-refractivity contribution in [3.05, 3.63) is 11.8 Å². The maximum absolute atomic E-state index is 12.2. The minimum absolute atomic E-state index is 0.125. The van der Waals surface area contributed by atoms with E-state index in [1.54, 1.807) is 6.20 Å². The van der Waals surface area contributed by atoms with Crippen LogP contribution in [0.25, 0.3) is 0 Å². The summed E-state index contributed by atoms with van der Waals surface area (Å²) in [5.41, 5.74) is 0.781. The molecule has 0 unspecified atom stereocenters. The monoisotopic (exact) mass is 221 g/mol. The zero-order valence-corrected chi connectivity index (χ0v) is 9.97. The van der Waals surface area contributed by atoms with Crippen LogP contribution in [0.4, 0.5) is 5.82 Å². The second-order valence-electron chi connectivity index (χ2n) is 5.00. The number of carbonyl (C=O) groups is 1. The van der Waals surface area contributed by atoms with Crippen molar-refractivity contribution >= 4 is 11.7 Å². The molecule has 2 N–H and O–H groups in total. The van der Waals surface area contributed by atoms with Gasteiger partial charge in [-0.2, -0.15) is 5.10 Å². The summed E-state index contributed by atoms with van der Waals surface area (Å²) in [4.78, 5) is 12.2. The van der Waals surface area contributed by atoms with E-state index in [-0.39, 0.29) is 11.3 Å². The molecule has 16 heavy (non-hydrogen) atoms. The van der Waals surface area contributed by atoms with E-state index in [1.807, 2.05) is 6.92 Å². The predicted octanol–water partition coefficient (Wildman–Crippen LogP) is 2.63. The SMILES string of the molecule is Cc1cn[nH]c1NC(=O)C1(C)CCCCC1. The standard InChI is InChI=1S/C12H19N3O/c1-9-8-13-15-10(9)14-11(16)12(2)6-4-3-5-7-12/h8H,3-7H2,1-2H3,(H2,13,14,15,16). The van der Waals surface area contributed by atoms with Crippen LogP contribution in [0.15, 0.2) is 6.20 Å². The maximum atomic E-state index is 12.2. The molecule has 88 valence electrons. The molecule has 1 aliphatic rings. The van der Waals surface area contributed by atoms with Gasteiger partial charge >= 0.3 is 0 Å². The Morgan fingerprint density at radius 3 is 2.69 bits per heavy atom. The van der Waals surface area contributed by atoms with Gasteiger partial charge in [0.05, 0.1) is 6.20 Å². The number of carbonyl (C=O) groups excluding carboxylic acids is 1. The fraction of sp³-hybridized carbons (Fsp3) is 0.667. The third-order valence-electron chi connectivity index (χ3n) is 3.57. The van der Waals surface area contributed by atoms with E-state index in [0.717, 1.165) is 37.1 Å². The summed E-state index contributed by atoms with van der Waals surface area (Å²) in [6, 6.07) is 0. The van der Waals surface area contributed by atoms with Crippen LogP contribution >= 0.6 is 0 Å². The highest BCUT2D eigenvalue weighted by Crippen LogP contribution is 2.36. The highest BCUT2D eigenvalue weighted by Gasteiger charge is 2.34. The second-order valence-corrected chi connectivity index (χ2v) is 5.00. The Morgan fingerprint density at radius 2 is 2.12 bits per heavy atom. The maximum Gasteiger partial charge on any atom is 0.231 e. The number of nitrogens with zero attached hydrogens (tertiary/aromatic N) is 1. The van der Waals surface area contributed by atoms with Crippen molar-refractivity contribution in [1.29, 1.82) is 0 Å². The van der Waals surface area contributed by atoms with E-state index in [1.165, 1.54) is 6.42 Å². The van der Waals surface area contributed by atoms with Crippen LogP contribution in [0, 0.1) is 12.3 Å². The quantitative estimate of drug-likeness (QED) is 0.806. The first-order valence-electron chi connectivity index (χ1n) is 5.93. The summed E-state index contributed by atoms with van der Waals surface area (Å²) >= 11 is 0. The molecule has 1 saturated carbocycles. The number of aromatic amines is 1. The number of H-pyrrole nitrogens is 1. The lowest BCUT2D eigenvalue weighted by Crippen LogP contribution is -2.35. The predicted molar refractivity (Wildman–Crippen MR) is 63.1 cm³/mol. The van der Waals surface area contributed by atoms with Crippen LogP contribution in [-0.4, -0.2) is 16.1 Å². The van der Waals surface area contributed by atoms with Gasteiger partial charge in [0.25, 0.3) is 0 Å². The van der Waals surface area contributed by atoms with Gasteiger partial charge < -0.3 is 5.32 Å². The van der Waals surface area contributed by atoms with Crippen LogP contribution in [0.3, 0.4) is 0 Å². The minimum Gasteiger partial charge on any atom is -0.310 e. The van der Waals surface area contributed by atoms with Crippen LogP contribution in [0.1, 0.15) is 44.6 Å². The van der Waals surface area contributed by atoms with Gasteiger partial charge in [-0.05, 0) is 19.8 Å². The molecule has 0 saturated heterocycles. The van der Waals surface area contributed by atoms with Crippen LogP contribution < -0.4 is 5.32 Å². The lowest BCUT2D eigenvalue weighted by atomic mass is 9.75. The minimum atomic E-state index is -0.199. The largest absolute Gasteiger partial charge is 0.310 e. The molecular formula is C12H19N3O. The third-order valence-corrected chi connectivity index (χ3v) is 3.57. The first-order valence-corrected chi connectivity index (χ1v) is 5.93. The highest BCUT2D eigenvalue weighted by atomic mass is 16.2. The molecule has 1 aromatic rings. The van der Waals surface area contributed by atoms with Crippen molar-refractivity contribution in [2.75, 3.05) is 5.32 Å². The molecule has 4 heteroatoms. The van der Waals surface area contributed by atoms with E-state index in [9.17, 15) is 4.79 Å². The molecule has 1 aromatic heterocycles. The number of aromatic nitrogens is 2. The zero-order chi connectivity index (χ0) is 11.6. The molecule has 1 fully saturated rings. The lowest BCUT2D eigenvalue weighted by molar-refractivity contribution is -0.126. The summed E-state index contributed by atoms with van der Waals surface area (Å²) in [5.74, 6) is 0.858. The summed E-state index contributed by atoms with van der Waals surface area (Å²) < 4.78 is 0. The number of hydrogen-bond donors (Lipinski definition) is 2. The van der Waals surface area contributed by atoms with Gasteiger partial charge in [0.2, 0.25) is 5.91 Å². The number of rotatable bonds is 2. The fourth-order valence-electron chi connectivity index (χ4n) is 2.30. The number of hydrogen-bond acceptors (Lipinski definition) is 2. The van der Waals surface area contributed by atoms with Gasteiger partial charge in [-0.1, -0.05) is 26.2 Å². The van der Waals surface area contributed by atoms with E-state index >= 15 is 0 Å². The molecule has 1 heterocycles. The van der Waals surface area contributed by atoms with Crippen molar-refractivity contribution in [2.24, 2.45) is 5.41 Å². The van der Waals surface area contributed by atoms with Crippen LogP contribution in [-0.2, 0) is 4.79 Å². The van der Waals surface area contributed by atoms with Crippen molar-refractivity contribution in [3.63, 3.8) is 0 Å². The Bertz CT molecular complexity index is 377. The molecule has 0 radical (unpaired) electrons. The lowest BCUT2D eigenvalue weighted by Gasteiger charge is -2.31. The highest BCUT2D eigenvalue weighted by molar-refractivity contribution is 5.94. The van der Waals surface area contributed by atoms with Gasteiger partial charge in [0, 0.05) is 11.0 Å². The Balaban J connectivity index is 2.05. The summed E-state index contributed by atoms with van der Waals surface area (Å²) in [7, 11) is 0. The van der Waals surface area contributed by atoms with Gasteiger partial charge in [-0.15, -0.1) is 0 Å². The average molecular weight is 221 g/mol. The summed E-state index contributed by atoms with van der Waals surface area (Å²) in [6.45, 7) is 4.00. The van der Waals surface area contributed by atoms with Crippen molar-refractivity contribution in [2.45, 2.75) is 46.0 Å². The smallest absolute Gasteiger partial charge is 0.231 e. The van der Waals surface area contributed by atoms with Crippen molar-refractivity contribution in [1.82, 2.24) is 10.2 Å². The molecule has 0 aliphatic heterocycles. The number of aryl methyl sites for hydroxylation is 1. The third kappa shape index (κ3) is 2.10. The molecule has 0 aromatic carbocycles. The van der Waals surface area contributed by atoms with Gasteiger partial charge in [-0.3, -0.25) is 9.89 Å². The molecule has 0 atom stereocenters. The molecule has 1 aliphatic carbocycles. The van der Waals surface area contributed by atoms with Crippen LogP contribution in [0.2, 0.25) is 0 Å². The topological polar surface area (TPSA) is 57.8 Å². The van der Waals surface area contributed by atoms with E-state index in [2.05, 4.69) is 22.4 Å².